The zero-order chi connectivity index (χ0) is 20.5. The summed E-state index contributed by atoms with van der Waals surface area (Å²) >= 11 is 0. The van der Waals surface area contributed by atoms with Crippen molar-refractivity contribution in [2.24, 2.45) is 0 Å². The van der Waals surface area contributed by atoms with E-state index in [4.69, 9.17) is 14.6 Å². The lowest BCUT2D eigenvalue weighted by Crippen LogP contribution is -1.96. The van der Waals surface area contributed by atoms with Crippen LogP contribution in [0.25, 0.3) is 11.1 Å². The van der Waals surface area contributed by atoms with E-state index >= 15 is 0 Å². The summed E-state index contributed by atoms with van der Waals surface area (Å²) in [5, 5.41) is 9.01. The van der Waals surface area contributed by atoms with Gasteiger partial charge in [0.2, 0.25) is 0 Å². The fraction of sp³-hybridized carbons (Fsp3) is 0.318. The van der Waals surface area contributed by atoms with Gasteiger partial charge in [0.15, 0.2) is 0 Å². The van der Waals surface area contributed by atoms with Gasteiger partial charge < -0.3 is 14.6 Å². The van der Waals surface area contributed by atoms with Crippen LogP contribution in [0, 0.1) is 12.7 Å². The summed E-state index contributed by atoms with van der Waals surface area (Å²) in [5.74, 6) is -0.326. The maximum atomic E-state index is 14.1. The number of allylic oxidation sites excluding steroid dienone is 1. The molecular formula is C22H31FO3. The van der Waals surface area contributed by atoms with Gasteiger partial charge in [0.1, 0.15) is 12.6 Å². The number of aliphatic hydroxyl groups is 1. The minimum atomic E-state index is -0.326. The van der Waals surface area contributed by atoms with Crippen molar-refractivity contribution in [3.05, 3.63) is 71.6 Å². The molecule has 4 heteroatoms. The third-order valence-electron chi connectivity index (χ3n) is 3.07. The van der Waals surface area contributed by atoms with Crippen LogP contribution in [0.3, 0.4) is 0 Å². The number of rotatable bonds is 4. The third kappa shape index (κ3) is 8.70. The number of carbonyl (C=O) groups is 1. The SMILES string of the molecule is C=CC.C=O.CC.COCc1cc(C)ccc1-c1ccc(CO)cc1F. The Hall–Kier alpha value is -2.30. The minimum Gasteiger partial charge on any atom is -0.392 e. The predicted molar refractivity (Wildman–Crippen MR) is 108 cm³/mol. The first kappa shape index (κ1) is 25.9. The molecule has 0 aromatic heterocycles. The molecule has 2 aromatic rings. The van der Waals surface area contributed by atoms with Crippen LogP contribution in [0.4, 0.5) is 4.39 Å². The lowest BCUT2D eigenvalue weighted by Gasteiger charge is -2.12. The highest BCUT2D eigenvalue weighted by Gasteiger charge is 2.10. The highest BCUT2D eigenvalue weighted by molar-refractivity contribution is 5.68. The molecule has 0 heterocycles. The molecule has 144 valence electrons. The van der Waals surface area contributed by atoms with E-state index in [1.54, 1.807) is 25.3 Å². The molecule has 2 aromatic carbocycles. The van der Waals surface area contributed by atoms with E-state index in [9.17, 15) is 4.39 Å². The maximum Gasteiger partial charge on any atom is 0.131 e. The summed E-state index contributed by atoms with van der Waals surface area (Å²) in [6.45, 7) is 13.5. The van der Waals surface area contributed by atoms with Crippen LogP contribution in [0.1, 0.15) is 37.5 Å². The van der Waals surface area contributed by atoms with Crippen molar-refractivity contribution in [2.45, 2.75) is 40.9 Å². The average Bonchev–Trinajstić information content (AvgIpc) is 2.66. The molecule has 0 spiro atoms. The molecule has 0 fully saturated rings. The normalized spacial score (nSPS) is 8.73. The van der Waals surface area contributed by atoms with E-state index in [0.717, 1.165) is 16.7 Å². The quantitative estimate of drug-likeness (QED) is 0.733. The number of hydrogen-bond acceptors (Lipinski definition) is 3. The van der Waals surface area contributed by atoms with Crippen LogP contribution in [0.5, 0.6) is 0 Å². The van der Waals surface area contributed by atoms with E-state index in [-0.39, 0.29) is 12.4 Å². The van der Waals surface area contributed by atoms with Crippen LogP contribution in [-0.2, 0) is 22.7 Å². The number of ether oxygens (including phenoxy) is 1. The number of benzene rings is 2. The Morgan fingerprint density at radius 1 is 1.12 bits per heavy atom. The number of aryl methyl sites for hydroxylation is 1. The average molecular weight is 362 g/mol. The fourth-order valence-corrected chi connectivity index (χ4v) is 2.14. The first-order chi connectivity index (χ1) is 12.6. The largest absolute Gasteiger partial charge is 0.392 e. The summed E-state index contributed by atoms with van der Waals surface area (Å²) in [5.41, 5.74) is 4.00. The van der Waals surface area contributed by atoms with Crippen molar-refractivity contribution in [2.75, 3.05) is 7.11 Å². The van der Waals surface area contributed by atoms with E-state index in [2.05, 4.69) is 6.58 Å². The van der Waals surface area contributed by atoms with Gasteiger partial charge in [-0.2, -0.15) is 0 Å². The van der Waals surface area contributed by atoms with Crippen LogP contribution in [0.15, 0.2) is 49.1 Å². The van der Waals surface area contributed by atoms with Gasteiger partial charge in [-0.1, -0.05) is 55.8 Å². The summed E-state index contributed by atoms with van der Waals surface area (Å²) in [6.07, 6.45) is 1.75. The molecule has 0 unspecified atom stereocenters. The monoisotopic (exact) mass is 362 g/mol. The number of hydrogen-bond donors (Lipinski definition) is 1. The molecule has 1 N–H and O–H groups in total. The van der Waals surface area contributed by atoms with Crippen molar-refractivity contribution in [3.8, 4) is 11.1 Å². The molecule has 0 aliphatic carbocycles. The molecule has 0 atom stereocenters. The second-order valence-electron chi connectivity index (χ2n) is 4.97. The molecule has 2 rings (SSSR count). The lowest BCUT2D eigenvalue weighted by atomic mass is 9.97. The Morgan fingerprint density at radius 2 is 1.65 bits per heavy atom. The van der Waals surface area contributed by atoms with Crippen molar-refractivity contribution >= 4 is 6.79 Å². The molecule has 0 aliphatic heterocycles. The molecular weight excluding hydrogens is 331 g/mol. The summed E-state index contributed by atoms with van der Waals surface area (Å²) in [7, 11) is 1.62. The fourth-order valence-electron chi connectivity index (χ4n) is 2.14. The van der Waals surface area contributed by atoms with E-state index in [1.807, 2.05) is 52.7 Å². The number of halogens is 1. The number of carbonyl (C=O) groups excluding carboxylic acids is 1. The van der Waals surface area contributed by atoms with Gasteiger partial charge in [0, 0.05) is 12.7 Å². The Kier molecular flexibility index (Phi) is 16.1. The zero-order valence-corrected chi connectivity index (χ0v) is 16.5. The molecule has 0 aliphatic rings. The third-order valence-corrected chi connectivity index (χ3v) is 3.07. The van der Waals surface area contributed by atoms with Crippen LogP contribution < -0.4 is 0 Å². The maximum absolute atomic E-state index is 14.1. The molecule has 26 heavy (non-hydrogen) atoms. The highest BCUT2D eigenvalue weighted by atomic mass is 19.1. The van der Waals surface area contributed by atoms with Gasteiger partial charge in [0.25, 0.3) is 0 Å². The van der Waals surface area contributed by atoms with Crippen molar-refractivity contribution < 1.29 is 19.0 Å². The van der Waals surface area contributed by atoms with Gasteiger partial charge >= 0.3 is 0 Å². The summed E-state index contributed by atoms with van der Waals surface area (Å²) in [6, 6.07) is 10.7. The molecule has 3 nitrogen and oxygen atoms in total. The van der Waals surface area contributed by atoms with Crippen molar-refractivity contribution in [3.63, 3.8) is 0 Å². The van der Waals surface area contributed by atoms with Crippen molar-refractivity contribution in [1.82, 2.24) is 0 Å². The molecule has 0 radical (unpaired) electrons. The first-order valence-corrected chi connectivity index (χ1v) is 8.41. The summed E-state index contributed by atoms with van der Waals surface area (Å²) in [4.78, 5) is 8.00. The molecule has 0 amide bonds. The highest BCUT2D eigenvalue weighted by Crippen LogP contribution is 2.28. The second-order valence-corrected chi connectivity index (χ2v) is 4.97. The van der Waals surface area contributed by atoms with Crippen LogP contribution >= 0.6 is 0 Å². The van der Waals surface area contributed by atoms with Gasteiger partial charge in [-0.25, -0.2) is 4.39 Å². The Labute approximate surface area is 157 Å². The predicted octanol–water partition coefficient (Wildman–Crippen LogP) is 5.47. The van der Waals surface area contributed by atoms with Gasteiger partial charge in [0.05, 0.1) is 13.2 Å². The lowest BCUT2D eigenvalue weighted by molar-refractivity contribution is -0.0979. The van der Waals surface area contributed by atoms with Crippen LogP contribution in [0.2, 0.25) is 0 Å². The van der Waals surface area contributed by atoms with Gasteiger partial charge in [-0.15, -0.1) is 6.58 Å². The standard InChI is InChI=1S/C16H17FO2.C3H6.C2H6.CH2O/c1-11-3-5-14(13(7-11)10-19-2)15-6-4-12(9-18)8-16(15)17;1-3-2;2*1-2/h3-8,18H,9-10H2,1-2H3;3H,1H2,2H3;1-2H3;1H2. The smallest absolute Gasteiger partial charge is 0.131 e. The Morgan fingerprint density at radius 3 is 2.12 bits per heavy atom. The second kappa shape index (κ2) is 16.2. The van der Waals surface area contributed by atoms with Crippen molar-refractivity contribution in [1.29, 1.82) is 0 Å². The zero-order valence-electron chi connectivity index (χ0n) is 16.5. The number of methoxy groups -OCH3 is 1. The molecule has 0 saturated carbocycles. The Balaban J connectivity index is 0. The first-order valence-electron chi connectivity index (χ1n) is 8.41. The molecule has 0 saturated heterocycles. The number of aliphatic hydroxyl groups excluding tert-OH is 1. The van der Waals surface area contributed by atoms with E-state index < -0.39 is 0 Å². The van der Waals surface area contributed by atoms with E-state index in [0.29, 0.717) is 17.7 Å². The Bertz CT molecular complexity index is 639. The van der Waals surface area contributed by atoms with Crippen LogP contribution in [-0.4, -0.2) is 19.0 Å². The van der Waals surface area contributed by atoms with Gasteiger partial charge in [-0.3, -0.25) is 0 Å². The van der Waals surface area contributed by atoms with Gasteiger partial charge in [-0.05, 0) is 36.6 Å². The topological polar surface area (TPSA) is 46.5 Å². The minimum absolute atomic E-state index is 0.157. The molecule has 0 bridgehead atoms. The summed E-state index contributed by atoms with van der Waals surface area (Å²) < 4.78 is 19.3. The van der Waals surface area contributed by atoms with E-state index in [1.165, 1.54) is 6.07 Å².